The third-order valence-corrected chi connectivity index (χ3v) is 3.04. The van der Waals surface area contributed by atoms with Crippen molar-refractivity contribution in [3.8, 4) is 5.75 Å². The van der Waals surface area contributed by atoms with Gasteiger partial charge in [0.15, 0.2) is 5.11 Å². The SMILES string of the molecule is COc1ccc(NC(=S)NCC(=O)NCc2ccco2)cc1. The third-order valence-electron chi connectivity index (χ3n) is 2.80. The van der Waals surface area contributed by atoms with E-state index < -0.39 is 0 Å². The van der Waals surface area contributed by atoms with Gasteiger partial charge in [-0.15, -0.1) is 0 Å². The normalized spacial score (nSPS) is 9.86. The summed E-state index contributed by atoms with van der Waals surface area (Å²) in [7, 11) is 1.61. The van der Waals surface area contributed by atoms with Crippen molar-refractivity contribution in [3.63, 3.8) is 0 Å². The number of anilines is 1. The first-order valence-corrected chi connectivity index (χ1v) is 7.06. The number of amides is 1. The Balaban J connectivity index is 1.69. The Morgan fingerprint density at radius 3 is 2.64 bits per heavy atom. The summed E-state index contributed by atoms with van der Waals surface area (Å²) in [5, 5.41) is 8.91. The molecule has 0 aliphatic rings. The molecule has 0 fully saturated rings. The monoisotopic (exact) mass is 319 g/mol. The maximum Gasteiger partial charge on any atom is 0.239 e. The fourth-order valence-electron chi connectivity index (χ4n) is 1.67. The molecule has 2 aromatic rings. The maximum atomic E-state index is 11.7. The lowest BCUT2D eigenvalue weighted by Crippen LogP contribution is -2.38. The van der Waals surface area contributed by atoms with E-state index in [1.54, 1.807) is 25.5 Å². The molecule has 0 spiro atoms. The van der Waals surface area contributed by atoms with Crippen molar-refractivity contribution in [2.24, 2.45) is 0 Å². The van der Waals surface area contributed by atoms with Crippen LogP contribution in [0, 0.1) is 0 Å². The van der Waals surface area contributed by atoms with E-state index in [1.165, 1.54) is 0 Å². The van der Waals surface area contributed by atoms with Crippen LogP contribution in [-0.2, 0) is 11.3 Å². The van der Waals surface area contributed by atoms with Crippen LogP contribution >= 0.6 is 12.2 Å². The summed E-state index contributed by atoms with van der Waals surface area (Å²) in [4.78, 5) is 11.7. The number of furan rings is 1. The Morgan fingerprint density at radius 2 is 2.00 bits per heavy atom. The summed E-state index contributed by atoms with van der Waals surface area (Å²) in [6, 6.07) is 10.9. The van der Waals surface area contributed by atoms with Crippen LogP contribution in [0.3, 0.4) is 0 Å². The van der Waals surface area contributed by atoms with Gasteiger partial charge in [-0.1, -0.05) is 0 Å². The second-order valence-electron chi connectivity index (χ2n) is 4.39. The van der Waals surface area contributed by atoms with Crippen LogP contribution in [-0.4, -0.2) is 24.7 Å². The highest BCUT2D eigenvalue weighted by Gasteiger charge is 2.04. The summed E-state index contributed by atoms with van der Waals surface area (Å²) < 4.78 is 10.2. The summed E-state index contributed by atoms with van der Waals surface area (Å²) in [6.07, 6.45) is 1.56. The highest BCUT2D eigenvalue weighted by molar-refractivity contribution is 7.80. The van der Waals surface area contributed by atoms with Crippen LogP contribution < -0.4 is 20.7 Å². The first kappa shape index (κ1) is 15.8. The second kappa shape index (κ2) is 8.04. The van der Waals surface area contributed by atoms with Crippen molar-refractivity contribution >= 4 is 28.9 Å². The minimum atomic E-state index is -0.171. The quantitative estimate of drug-likeness (QED) is 0.706. The first-order chi connectivity index (χ1) is 10.7. The molecule has 0 aliphatic heterocycles. The van der Waals surface area contributed by atoms with Gasteiger partial charge in [-0.3, -0.25) is 4.79 Å². The van der Waals surface area contributed by atoms with Crippen LogP contribution in [0.5, 0.6) is 5.75 Å². The van der Waals surface area contributed by atoms with Crippen molar-refractivity contribution in [1.29, 1.82) is 0 Å². The van der Waals surface area contributed by atoms with Gasteiger partial charge >= 0.3 is 0 Å². The second-order valence-corrected chi connectivity index (χ2v) is 4.80. The molecular formula is C15H17N3O3S. The number of thiocarbonyl (C=S) groups is 1. The molecule has 0 radical (unpaired) electrons. The van der Waals surface area contributed by atoms with E-state index in [-0.39, 0.29) is 12.5 Å². The molecule has 0 aliphatic carbocycles. The zero-order valence-corrected chi connectivity index (χ0v) is 12.9. The first-order valence-electron chi connectivity index (χ1n) is 6.65. The standard InChI is InChI=1S/C15H17N3O3S/c1-20-12-6-4-11(5-7-12)18-15(22)17-10-14(19)16-9-13-3-2-8-21-13/h2-8H,9-10H2,1H3,(H,16,19)(H2,17,18,22). The lowest BCUT2D eigenvalue weighted by Gasteiger charge is -2.11. The Labute approximate surface area is 133 Å². The number of hydrogen-bond donors (Lipinski definition) is 3. The Kier molecular flexibility index (Phi) is 5.79. The number of carbonyl (C=O) groups is 1. The number of benzene rings is 1. The molecule has 0 saturated heterocycles. The lowest BCUT2D eigenvalue weighted by atomic mass is 10.3. The van der Waals surface area contributed by atoms with Gasteiger partial charge in [0.05, 0.1) is 26.5 Å². The van der Waals surface area contributed by atoms with Crippen LogP contribution in [0.25, 0.3) is 0 Å². The average molecular weight is 319 g/mol. The van der Waals surface area contributed by atoms with Crippen LogP contribution in [0.2, 0.25) is 0 Å². The van der Waals surface area contributed by atoms with Crippen molar-refractivity contribution in [2.75, 3.05) is 19.0 Å². The highest BCUT2D eigenvalue weighted by atomic mass is 32.1. The molecule has 0 bridgehead atoms. The molecule has 1 heterocycles. The van der Waals surface area contributed by atoms with E-state index in [0.717, 1.165) is 11.4 Å². The molecule has 1 aromatic carbocycles. The molecule has 1 aromatic heterocycles. The molecule has 22 heavy (non-hydrogen) atoms. The summed E-state index contributed by atoms with van der Waals surface area (Å²) in [5.41, 5.74) is 0.814. The van der Waals surface area contributed by atoms with Crippen molar-refractivity contribution < 1.29 is 13.9 Å². The summed E-state index contributed by atoms with van der Waals surface area (Å²) in [6.45, 7) is 0.439. The molecule has 7 heteroatoms. The molecular weight excluding hydrogens is 302 g/mol. The Bertz CT molecular complexity index is 611. The highest BCUT2D eigenvalue weighted by Crippen LogP contribution is 2.14. The van der Waals surface area contributed by atoms with Crippen molar-refractivity contribution in [2.45, 2.75) is 6.54 Å². The van der Waals surface area contributed by atoms with Crippen LogP contribution in [0.1, 0.15) is 5.76 Å². The Morgan fingerprint density at radius 1 is 1.23 bits per heavy atom. The number of carbonyl (C=O) groups excluding carboxylic acids is 1. The van der Waals surface area contributed by atoms with E-state index in [0.29, 0.717) is 17.4 Å². The topological polar surface area (TPSA) is 75.5 Å². The van der Waals surface area contributed by atoms with E-state index in [9.17, 15) is 4.79 Å². The van der Waals surface area contributed by atoms with Crippen molar-refractivity contribution in [3.05, 3.63) is 48.4 Å². The predicted octanol–water partition coefficient (Wildman–Crippen LogP) is 1.89. The Hall–Kier alpha value is -2.54. The summed E-state index contributed by atoms with van der Waals surface area (Å²) in [5.74, 6) is 1.30. The fraction of sp³-hybridized carbons (Fsp3) is 0.200. The third kappa shape index (κ3) is 5.10. The maximum absolute atomic E-state index is 11.7. The molecule has 3 N–H and O–H groups in total. The van der Waals surface area contributed by atoms with Gasteiger partial charge in [0.2, 0.25) is 5.91 Å². The zero-order chi connectivity index (χ0) is 15.8. The van der Waals surface area contributed by atoms with Crippen molar-refractivity contribution in [1.82, 2.24) is 10.6 Å². The van der Waals surface area contributed by atoms with Gasteiger partial charge in [-0.05, 0) is 48.6 Å². The number of methoxy groups -OCH3 is 1. The minimum Gasteiger partial charge on any atom is -0.497 e. The van der Waals surface area contributed by atoms with Gasteiger partial charge in [-0.2, -0.15) is 0 Å². The predicted molar refractivity (Wildman–Crippen MR) is 87.8 cm³/mol. The van der Waals surface area contributed by atoms with Crippen LogP contribution in [0.4, 0.5) is 5.69 Å². The lowest BCUT2D eigenvalue weighted by molar-refractivity contribution is -0.120. The largest absolute Gasteiger partial charge is 0.497 e. The summed E-state index contributed by atoms with van der Waals surface area (Å²) >= 11 is 5.13. The van der Waals surface area contributed by atoms with E-state index in [2.05, 4.69) is 16.0 Å². The van der Waals surface area contributed by atoms with Gasteiger partial charge in [0.25, 0.3) is 0 Å². The molecule has 0 unspecified atom stereocenters. The fourth-order valence-corrected chi connectivity index (χ4v) is 1.86. The molecule has 1 amide bonds. The molecule has 116 valence electrons. The number of ether oxygens (including phenoxy) is 1. The van der Waals surface area contributed by atoms with E-state index in [1.807, 2.05) is 24.3 Å². The smallest absolute Gasteiger partial charge is 0.239 e. The zero-order valence-electron chi connectivity index (χ0n) is 12.1. The number of hydrogen-bond acceptors (Lipinski definition) is 4. The molecule has 0 atom stereocenters. The van der Waals surface area contributed by atoms with Gasteiger partial charge in [0, 0.05) is 5.69 Å². The van der Waals surface area contributed by atoms with Gasteiger partial charge in [0.1, 0.15) is 11.5 Å². The molecule has 0 saturated carbocycles. The van der Waals surface area contributed by atoms with Gasteiger partial charge in [-0.25, -0.2) is 0 Å². The van der Waals surface area contributed by atoms with Crippen LogP contribution in [0.15, 0.2) is 47.1 Å². The van der Waals surface area contributed by atoms with E-state index in [4.69, 9.17) is 21.4 Å². The molecule has 2 rings (SSSR count). The van der Waals surface area contributed by atoms with E-state index >= 15 is 0 Å². The molecule has 6 nitrogen and oxygen atoms in total. The average Bonchev–Trinajstić information content (AvgIpc) is 3.05. The number of rotatable bonds is 6. The van der Waals surface area contributed by atoms with Gasteiger partial charge < -0.3 is 25.1 Å². The minimum absolute atomic E-state index is 0.0860. The number of nitrogens with one attached hydrogen (secondary N) is 3.